The largest absolute Gasteiger partial charge is 0.343 e. The van der Waals surface area contributed by atoms with Gasteiger partial charge in [-0.25, -0.2) is 0 Å². The fourth-order valence-electron chi connectivity index (χ4n) is 1.10. The molecule has 15 heavy (non-hydrogen) atoms. The third kappa shape index (κ3) is 2.62. The summed E-state index contributed by atoms with van der Waals surface area (Å²) in [6.07, 6.45) is 1.30. The number of nitriles is 1. The molecule has 0 saturated heterocycles. The van der Waals surface area contributed by atoms with E-state index in [1.807, 2.05) is 11.4 Å². The molecule has 2 heterocycles. The molecule has 0 aliphatic heterocycles. The predicted molar refractivity (Wildman–Crippen MR) is 53.9 cm³/mol. The van der Waals surface area contributed by atoms with Crippen molar-refractivity contribution in [2.45, 2.75) is 13.1 Å². The van der Waals surface area contributed by atoms with Crippen molar-refractivity contribution in [2.24, 2.45) is 0 Å². The van der Waals surface area contributed by atoms with Gasteiger partial charge in [-0.1, -0.05) is 5.16 Å². The predicted octanol–water partition coefficient (Wildman–Crippen LogP) is 1.29. The minimum atomic E-state index is 0.566. The maximum Gasteiger partial charge on any atom is 0.213 e. The molecule has 76 valence electrons. The van der Waals surface area contributed by atoms with Gasteiger partial charge in [0.2, 0.25) is 6.39 Å². The molecule has 0 bridgehead atoms. The summed E-state index contributed by atoms with van der Waals surface area (Å²) in [5, 5.41) is 17.3. The first kappa shape index (κ1) is 9.83. The number of nitrogens with one attached hydrogen (secondary N) is 1. The monoisotopic (exact) mass is 220 g/mol. The fraction of sp³-hybridized carbons (Fsp3) is 0.222. The summed E-state index contributed by atoms with van der Waals surface area (Å²) in [5.74, 6) is 0.632. The highest BCUT2D eigenvalue weighted by Crippen LogP contribution is 2.13. The molecule has 0 aliphatic carbocycles. The van der Waals surface area contributed by atoms with Crippen molar-refractivity contribution in [3.8, 4) is 6.07 Å². The van der Waals surface area contributed by atoms with Crippen molar-refractivity contribution in [2.75, 3.05) is 0 Å². The van der Waals surface area contributed by atoms with E-state index in [1.54, 1.807) is 11.3 Å². The SMILES string of the molecule is N#Cc1csc(CNCc2ncon2)c1. The van der Waals surface area contributed by atoms with Crippen LogP contribution in [0.2, 0.25) is 0 Å². The lowest BCUT2D eigenvalue weighted by Gasteiger charge is -1.97. The summed E-state index contributed by atoms with van der Waals surface area (Å²) in [6, 6.07) is 3.96. The van der Waals surface area contributed by atoms with E-state index in [4.69, 9.17) is 5.26 Å². The highest BCUT2D eigenvalue weighted by molar-refractivity contribution is 7.10. The Morgan fingerprint density at radius 2 is 2.47 bits per heavy atom. The molecule has 2 aromatic heterocycles. The topological polar surface area (TPSA) is 74.7 Å². The maximum atomic E-state index is 8.63. The Balaban J connectivity index is 1.81. The van der Waals surface area contributed by atoms with Gasteiger partial charge in [-0.2, -0.15) is 10.2 Å². The first-order valence-electron chi connectivity index (χ1n) is 4.32. The van der Waals surface area contributed by atoms with Crippen LogP contribution < -0.4 is 5.32 Å². The molecule has 0 saturated carbocycles. The van der Waals surface area contributed by atoms with Gasteiger partial charge in [0.25, 0.3) is 0 Å². The number of nitrogens with zero attached hydrogens (tertiary/aromatic N) is 3. The van der Waals surface area contributed by atoms with Crippen molar-refractivity contribution in [1.29, 1.82) is 5.26 Å². The van der Waals surface area contributed by atoms with Crippen LogP contribution in [0.5, 0.6) is 0 Å². The lowest BCUT2D eigenvalue weighted by Crippen LogP contribution is -2.12. The van der Waals surface area contributed by atoms with E-state index in [0.29, 0.717) is 24.5 Å². The van der Waals surface area contributed by atoms with Gasteiger partial charge in [0.15, 0.2) is 5.82 Å². The van der Waals surface area contributed by atoms with Crippen LogP contribution in [-0.4, -0.2) is 10.1 Å². The summed E-state index contributed by atoms with van der Waals surface area (Å²) in [5.41, 5.74) is 0.705. The summed E-state index contributed by atoms with van der Waals surface area (Å²) in [6.45, 7) is 1.27. The van der Waals surface area contributed by atoms with Crippen LogP contribution in [0.1, 0.15) is 16.3 Å². The van der Waals surface area contributed by atoms with Gasteiger partial charge in [-0.05, 0) is 6.07 Å². The van der Waals surface area contributed by atoms with Gasteiger partial charge in [0.1, 0.15) is 6.07 Å². The van der Waals surface area contributed by atoms with Crippen LogP contribution in [0.4, 0.5) is 0 Å². The van der Waals surface area contributed by atoms with Crippen molar-refractivity contribution < 1.29 is 4.52 Å². The third-order valence-electron chi connectivity index (χ3n) is 1.77. The number of hydrogen-bond acceptors (Lipinski definition) is 6. The van der Waals surface area contributed by atoms with Crippen LogP contribution in [0.3, 0.4) is 0 Å². The second-order valence-corrected chi connectivity index (χ2v) is 3.86. The lowest BCUT2D eigenvalue weighted by molar-refractivity contribution is 0.407. The Labute approximate surface area is 90.4 Å². The van der Waals surface area contributed by atoms with E-state index in [-0.39, 0.29) is 0 Å². The van der Waals surface area contributed by atoms with Gasteiger partial charge in [0.05, 0.1) is 12.1 Å². The molecule has 0 aliphatic rings. The molecule has 5 nitrogen and oxygen atoms in total. The van der Waals surface area contributed by atoms with Gasteiger partial charge < -0.3 is 9.84 Å². The van der Waals surface area contributed by atoms with Crippen LogP contribution in [0, 0.1) is 11.3 Å². The highest BCUT2D eigenvalue weighted by atomic mass is 32.1. The number of aromatic nitrogens is 2. The van der Waals surface area contributed by atoms with Gasteiger partial charge in [-0.3, -0.25) is 0 Å². The quantitative estimate of drug-likeness (QED) is 0.840. The normalized spacial score (nSPS) is 10.1. The van der Waals surface area contributed by atoms with E-state index in [9.17, 15) is 0 Å². The molecule has 0 amide bonds. The Morgan fingerprint density at radius 3 is 3.13 bits per heavy atom. The van der Waals surface area contributed by atoms with Crippen molar-refractivity contribution in [1.82, 2.24) is 15.5 Å². The van der Waals surface area contributed by atoms with Crippen LogP contribution in [0.25, 0.3) is 0 Å². The van der Waals surface area contributed by atoms with Gasteiger partial charge in [0, 0.05) is 16.8 Å². The Kier molecular flexibility index (Phi) is 3.07. The number of hydrogen-bond donors (Lipinski definition) is 1. The molecule has 2 rings (SSSR count). The summed E-state index contributed by atoms with van der Waals surface area (Å²) in [7, 11) is 0. The lowest BCUT2D eigenvalue weighted by atomic mass is 10.3. The molecule has 0 aromatic carbocycles. The maximum absolute atomic E-state index is 8.63. The zero-order valence-corrected chi connectivity index (χ0v) is 8.62. The minimum absolute atomic E-state index is 0.566. The average molecular weight is 220 g/mol. The summed E-state index contributed by atoms with van der Waals surface area (Å²) < 4.78 is 4.60. The van der Waals surface area contributed by atoms with Crippen molar-refractivity contribution in [3.63, 3.8) is 0 Å². The zero-order chi connectivity index (χ0) is 10.5. The second kappa shape index (κ2) is 4.68. The van der Waals surface area contributed by atoms with E-state index in [2.05, 4.69) is 26.0 Å². The Bertz CT molecular complexity index is 457. The third-order valence-corrected chi connectivity index (χ3v) is 2.71. The van der Waals surface area contributed by atoms with Crippen molar-refractivity contribution in [3.05, 3.63) is 34.1 Å². The first-order chi connectivity index (χ1) is 7.38. The molecule has 0 atom stereocenters. The van der Waals surface area contributed by atoms with Crippen LogP contribution >= 0.6 is 11.3 Å². The molecular weight excluding hydrogens is 212 g/mol. The van der Waals surface area contributed by atoms with Crippen LogP contribution in [0.15, 0.2) is 22.4 Å². The molecule has 0 fully saturated rings. The zero-order valence-electron chi connectivity index (χ0n) is 7.80. The van der Waals surface area contributed by atoms with E-state index in [1.165, 1.54) is 6.39 Å². The summed E-state index contributed by atoms with van der Waals surface area (Å²) >= 11 is 1.56. The van der Waals surface area contributed by atoms with Gasteiger partial charge in [-0.15, -0.1) is 11.3 Å². The Hall–Kier alpha value is -1.71. The second-order valence-electron chi connectivity index (χ2n) is 2.86. The van der Waals surface area contributed by atoms with Gasteiger partial charge >= 0.3 is 0 Å². The van der Waals surface area contributed by atoms with Crippen LogP contribution in [-0.2, 0) is 13.1 Å². The molecule has 1 N–H and O–H groups in total. The first-order valence-corrected chi connectivity index (χ1v) is 5.20. The molecule has 0 spiro atoms. The fourth-order valence-corrected chi connectivity index (χ4v) is 1.88. The van der Waals surface area contributed by atoms with E-state index >= 15 is 0 Å². The summed E-state index contributed by atoms with van der Waals surface area (Å²) in [4.78, 5) is 5.00. The minimum Gasteiger partial charge on any atom is -0.343 e. The molecule has 0 radical (unpaired) electrons. The van der Waals surface area contributed by atoms with E-state index in [0.717, 1.165) is 4.88 Å². The molecule has 0 unspecified atom stereocenters. The van der Waals surface area contributed by atoms with Crippen molar-refractivity contribution >= 4 is 11.3 Å². The Morgan fingerprint density at radius 1 is 1.53 bits per heavy atom. The van der Waals surface area contributed by atoms with E-state index < -0.39 is 0 Å². The number of rotatable bonds is 4. The molecular formula is C9H8N4OS. The standard InChI is InChI=1S/C9H8N4OS/c10-2-7-1-8(15-5-7)3-11-4-9-12-6-14-13-9/h1,5-6,11H,3-4H2. The highest BCUT2D eigenvalue weighted by Gasteiger charge is 2.00. The molecule has 6 heteroatoms. The molecule has 2 aromatic rings. The smallest absolute Gasteiger partial charge is 0.213 e. The number of thiophene rings is 1. The average Bonchev–Trinajstić information content (AvgIpc) is 2.88.